The van der Waals surface area contributed by atoms with Gasteiger partial charge in [0.2, 0.25) is 10.0 Å². The molecule has 26 heavy (non-hydrogen) atoms. The number of anilines is 1. The fourth-order valence-corrected chi connectivity index (χ4v) is 4.82. The Bertz CT molecular complexity index is 980. The number of para-hydroxylation sites is 1. The van der Waals surface area contributed by atoms with Gasteiger partial charge in [0.05, 0.1) is 4.90 Å². The number of carbonyl (C=O) groups excluding carboxylic acids is 1. The average molecular weight is 370 g/mol. The van der Waals surface area contributed by atoms with Crippen molar-refractivity contribution >= 4 is 21.6 Å². The van der Waals surface area contributed by atoms with E-state index >= 15 is 0 Å². The summed E-state index contributed by atoms with van der Waals surface area (Å²) in [5.41, 5.74) is 3.27. The molecule has 4 rings (SSSR count). The van der Waals surface area contributed by atoms with Crippen LogP contribution in [0.3, 0.4) is 0 Å². The first-order chi connectivity index (χ1) is 12.4. The number of rotatable bonds is 4. The van der Waals surface area contributed by atoms with Gasteiger partial charge in [-0.25, -0.2) is 13.1 Å². The molecule has 0 aromatic heterocycles. The summed E-state index contributed by atoms with van der Waals surface area (Å²) in [6.07, 6.45) is 2.56. The van der Waals surface area contributed by atoms with E-state index in [2.05, 4.69) is 4.72 Å². The van der Waals surface area contributed by atoms with Gasteiger partial charge in [-0.2, -0.15) is 0 Å². The molecule has 2 aromatic carbocycles. The Kier molecular flexibility index (Phi) is 4.12. The average Bonchev–Trinajstić information content (AvgIpc) is 3.33. The molecule has 1 heterocycles. The largest absolute Gasteiger partial charge is 0.305 e. The van der Waals surface area contributed by atoms with Gasteiger partial charge in [-0.3, -0.25) is 4.79 Å². The van der Waals surface area contributed by atoms with Crippen LogP contribution in [-0.4, -0.2) is 26.4 Å². The maximum atomic E-state index is 13.3. The molecular formula is C20H22N2O3S. The third-order valence-electron chi connectivity index (χ3n) is 5.07. The van der Waals surface area contributed by atoms with Gasteiger partial charge in [0.15, 0.2) is 0 Å². The zero-order chi connectivity index (χ0) is 18.5. The van der Waals surface area contributed by atoms with E-state index < -0.39 is 10.0 Å². The van der Waals surface area contributed by atoms with E-state index in [-0.39, 0.29) is 22.9 Å². The molecule has 1 fully saturated rings. The fraction of sp³-hybridized carbons (Fsp3) is 0.350. The highest BCUT2D eigenvalue weighted by Gasteiger charge is 2.33. The molecule has 0 bridgehead atoms. The van der Waals surface area contributed by atoms with Crippen molar-refractivity contribution in [1.29, 1.82) is 0 Å². The number of amides is 1. The molecule has 0 spiro atoms. The lowest BCUT2D eigenvalue weighted by molar-refractivity contribution is 0.0980. The van der Waals surface area contributed by atoms with Crippen molar-refractivity contribution < 1.29 is 13.2 Å². The van der Waals surface area contributed by atoms with Crippen LogP contribution in [0.15, 0.2) is 47.4 Å². The molecule has 0 saturated heterocycles. The Balaban J connectivity index is 1.71. The van der Waals surface area contributed by atoms with Crippen LogP contribution in [-0.2, 0) is 16.4 Å². The van der Waals surface area contributed by atoms with Gasteiger partial charge in [0.25, 0.3) is 5.91 Å². The third-order valence-corrected chi connectivity index (χ3v) is 6.59. The number of fused-ring (bicyclic) bond motifs is 1. The second-order valence-corrected chi connectivity index (χ2v) is 8.94. The highest BCUT2D eigenvalue weighted by molar-refractivity contribution is 7.89. The molecule has 0 unspecified atom stereocenters. The van der Waals surface area contributed by atoms with Crippen LogP contribution in [0, 0.1) is 6.92 Å². The summed E-state index contributed by atoms with van der Waals surface area (Å²) in [6, 6.07) is 12.7. The van der Waals surface area contributed by atoms with Crippen molar-refractivity contribution in [3.05, 3.63) is 59.2 Å². The minimum absolute atomic E-state index is 0.0333. The molecule has 5 nitrogen and oxygen atoms in total. The van der Waals surface area contributed by atoms with Gasteiger partial charge >= 0.3 is 0 Å². The van der Waals surface area contributed by atoms with Crippen molar-refractivity contribution in [2.75, 3.05) is 4.90 Å². The smallest absolute Gasteiger partial charge is 0.258 e. The van der Waals surface area contributed by atoms with E-state index in [1.807, 2.05) is 38.1 Å². The zero-order valence-electron chi connectivity index (χ0n) is 14.9. The standard InChI is InChI=1S/C20H22N2O3S/c1-13-7-10-17(26(24,25)21-16-8-9-16)12-18(13)20(23)22-14(2)11-15-5-3-4-6-19(15)22/h3-7,10,12,14,16,21H,8-9,11H2,1-2H3/t14-/m0/s1. The van der Waals surface area contributed by atoms with Crippen LogP contribution in [0.1, 0.15) is 41.3 Å². The number of nitrogens with zero attached hydrogens (tertiary/aromatic N) is 1. The van der Waals surface area contributed by atoms with Crippen molar-refractivity contribution in [3.63, 3.8) is 0 Å². The molecule has 1 saturated carbocycles. The Morgan fingerprint density at radius 3 is 2.62 bits per heavy atom. The van der Waals surface area contributed by atoms with E-state index in [0.717, 1.165) is 36.1 Å². The predicted molar refractivity (Wildman–Crippen MR) is 101 cm³/mol. The number of nitrogens with one attached hydrogen (secondary N) is 1. The van der Waals surface area contributed by atoms with Crippen LogP contribution in [0.5, 0.6) is 0 Å². The predicted octanol–water partition coefficient (Wildman–Crippen LogP) is 3.03. The van der Waals surface area contributed by atoms with Crippen molar-refractivity contribution in [2.45, 2.75) is 50.1 Å². The summed E-state index contributed by atoms with van der Waals surface area (Å²) in [7, 11) is -3.59. The SMILES string of the molecule is Cc1ccc(S(=O)(=O)NC2CC2)cc1C(=O)N1c2ccccc2C[C@@H]1C. The molecule has 1 amide bonds. The van der Waals surface area contributed by atoms with Crippen molar-refractivity contribution in [1.82, 2.24) is 4.72 Å². The first-order valence-corrected chi connectivity index (χ1v) is 10.4. The number of benzene rings is 2. The highest BCUT2D eigenvalue weighted by atomic mass is 32.2. The maximum Gasteiger partial charge on any atom is 0.258 e. The maximum absolute atomic E-state index is 13.3. The molecule has 1 aliphatic carbocycles. The van der Waals surface area contributed by atoms with Crippen LogP contribution in [0.4, 0.5) is 5.69 Å². The first kappa shape index (κ1) is 17.2. The van der Waals surface area contributed by atoms with Crippen molar-refractivity contribution in [3.8, 4) is 0 Å². The van der Waals surface area contributed by atoms with Gasteiger partial charge in [-0.15, -0.1) is 0 Å². The van der Waals surface area contributed by atoms with E-state index in [9.17, 15) is 13.2 Å². The monoisotopic (exact) mass is 370 g/mol. The minimum atomic E-state index is -3.59. The summed E-state index contributed by atoms with van der Waals surface area (Å²) < 4.78 is 27.7. The Hall–Kier alpha value is -2.18. The second-order valence-electron chi connectivity index (χ2n) is 7.23. The van der Waals surface area contributed by atoms with Crippen LogP contribution >= 0.6 is 0 Å². The first-order valence-electron chi connectivity index (χ1n) is 8.91. The topological polar surface area (TPSA) is 66.5 Å². The van der Waals surface area contributed by atoms with Crippen LogP contribution in [0.2, 0.25) is 0 Å². The van der Waals surface area contributed by atoms with Crippen LogP contribution in [0.25, 0.3) is 0 Å². The zero-order valence-corrected chi connectivity index (χ0v) is 15.7. The summed E-state index contributed by atoms with van der Waals surface area (Å²) in [4.78, 5) is 15.2. The normalized spacial score (nSPS) is 19.5. The molecule has 1 atom stereocenters. The van der Waals surface area contributed by atoms with Gasteiger partial charge < -0.3 is 4.90 Å². The molecule has 2 aromatic rings. The minimum Gasteiger partial charge on any atom is -0.305 e. The van der Waals surface area contributed by atoms with Gasteiger partial charge in [-0.1, -0.05) is 24.3 Å². The summed E-state index contributed by atoms with van der Waals surface area (Å²) in [5.74, 6) is -0.150. The molecule has 1 aliphatic heterocycles. The number of hydrogen-bond donors (Lipinski definition) is 1. The molecule has 6 heteroatoms. The Labute approximate surface area is 154 Å². The third kappa shape index (κ3) is 3.04. The Morgan fingerprint density at radius 2 is 1.88 bits per heavy atom. The quantitative estimate of drug-likeness (QED) is 0.900. The molecule has 2 aliphatic rings. The number of aryl methyl sites for hydroxylation is 1. The van der Waals surface area contributed by atoms with Gasteiger partial charge in [0.1, 0.15) is 0 Å². The van der Waals surface area contributed by atoms with E-state index in [4.69, 9.17) is 0 Å². The summed E-state index contributed by atoms with van der Waals surface area (Å²) in [5, 5.41) is 0. The van der Waals surface area contributed by atoms with E-state index in [1.165, 1.54) is 6.07 Å². The summed E-state index contributed by atoms with van der Waals surface area (Å²) in [6.45, 7) is 3.85. The molecule has 1 N–H and O–H groups in total. The molecular weight excluding hydrogens is 348 g/mol. The van der Waals surface area contributed by atoms with Gasteiger partial charge in [-0.05, 0) is 62.4 Å². The van der Waals surface area contributed by atoms with E-state index in [1.54, 1.807) is 17.0 Å². The number of carbonyl (C=O) groups is 1. The van der Waals surface area contributed by atoms with Crippen molar-refractivity contribution in [2.24, 2.45) is 0 Å². The molecule has 136 valence electrons. The highest BCUT2D eigenvalue weighted by Crippen LogP contribution is 2.34. The molecule has 0 radical (unpaired) electrons. The number of sulfonamides is 1. The fourth-order valence-electron chi connectivity index (χ4n) is 3.49. The second kappa shape index (κ2) is 6.21. The Morgan fingerprint density at radius 1 is 1.15 bits per heavy atom. The summed E-state index contributed by atoms with van der Waals surface area (Å²) >= 11 is 0. The lowest BCUT2D eigenvalue weighted by Gasteiger charge is -2.24. The lowest BCUT2D eigenvalue weighted by Crippen LogP contribution is -2.36. The van der Waals surface area contributed by atoms with E-state index in [0.29, 0.717) is 5.56 Å². The number of hydrogen-bond acceptors (Lipinski definition) is 3. The van der Waals surface area contributed by atoms with Crippen LogP contribution < -0.4 is 9.62 Å². The lowest BCUT2D eigenvalue weighted by atomic mass is 10.1. The van der Waals surface area contributed by atoms with Gasteiger partial charge in [0, 0.05) is 23.3 Å².